The number of rotatable bonds is 5. The van der Waals surface area contributed by atoms with Crippen LogP contribution < -0.4 is 0 Å². The van der Waals surface area contributed by atoms with E-state index in [1.54, 1.807) is 18.2 Å². The number of hydrogen-bond donors (Lipinski definition) is 0. The van der Waals surface area contributed by atoms with Crippen molar-refractivity contribution in [2.75, 3.05) is 0 Å². The normalized spacial score (nSPS) is 18.9. The van der Waals surface area contributed by atoms with Crippen molar-refractivity contribution >= 4 is 32.5 Å². The summed E-state index contributed by atoms with van der Waals surface area (Å²) in [6, 6.07) is -14.6. The molecule has 0 aliphatic carbocycles. The van der Waals surface area contributed by atoms with Crippen molar-refractivity contribution in [3.63, 3.8) is 0 Å². The van der Waals surface area contributed by atoms with E-state index in [-0.39, 0.29) is 21.9 Å². The SMILES string of the molecule is [2H]c1c([2H])c([2H])c(-c2c([2H])c([2H])c([2H])c(-c3oc4c([2H])c(-c5c([2H])c([2H])c([2H])c([2H])c5[2H])c([2H])c([2H])c4c3-c3c4c([2H])c([2H])c([2H])c([2H])c4c(-c4ccccc4)c4c([2H])c([2H])c([2H])c([2H])c34)c2[2H])c([2H])c1[2H]. The maximum atomic E-state index is 9.72. The summed E-state index contributed by atoms with van der Waals surface area (Å²) < 4.78 is 231. The summed E-state index contributed by atoms with van der Waals surface area (Å²) in [6.45, 7) is 0. The van der Waals surface area contributed by atoms with Crippen molar-refractivity contribution in [2.24, 2.45) is 0 Å². The fraction of sp³-hybridized carbons (Fsp3) is 0. The van der Waals surface area contributed by atoms with Crippen LogP contribution in [0.5, 0.6) is 0 Å². The Labute approximate surface area is 309 Å². The summed E-state index contributed by atoms with van der Waals surface area (Å²) in [5, 5.41) is -2.42. The van der Waals surface area contributed by atoms with Crippen LogP contribution in [-0.2, 0) is 0 Å². The van der Waals surface area contributed by atoms with Gasteiger partial charge in [-0.2, -0.15) is 0 Å². The molecule has 0 saturated carbocycles. The van der Waals surface area contributed by atoms with Crippen molar-refractivity contribution in [3.05, 3.63) is 181 Å². The molecule has 1 heterocycles. The second-order valence-corrected chi connectivity index (χ2v) is 10.1. The molecule has 0 amide bonds. The molecule has 0 saturated heterocycles. The van der Waals surface area contributed by atoms with Crippen LogP contribution in [0.1, 0.15) is 34.3 Å². The first-order valence-electron chi connectivity index (χ1n) is 26.6. The van der Waals surface area contributed by atoms with Crippen LogP contribution in [0, 0.1) is 0 Å². The summed E-state index contributed by atoms with van der Waals surface area (Å²) in [7, 11) is 0. The molecule has 0 aliphatic rings. The van der Waals surface area contributed by atoms with Gasteiger partial charge in [0.1, 0.15) is 11.3 Å². The molecule has 220 valence electrons. The molecule has 0 aliphatic heterocycles. The van der Waals surface area contributed by atoms with E-state index >= 15 is 0 Å². The van der Waals surface area contributed by atoms with E-state index in [0.29, 0.717) is 0 Å². The summed E-state index contributed by atoms with van der Waals surface area (Å²) >= 11 is 0. The third-order valence-electron chi connectivity index (χ3n) is 7.50. The molecular weight excluding hydrogens is 569 g/mol. The predicted molar refractivity (Wildman–Crippen MR) is 198 cm³/mol. The van der Waals surface area contributed by atoms with Crippen LogP contribution in [-0.4, -0.2) is 0 Å². The average molecular weight is 624 g/mol. The summed E-state index contributed by atoms with van der Waals surface area (Å²) in [5.41, 5.74) is -5.93. The van der Waals surface area contributed by atoms with Crippen molar-refractivity contribution < 1.29 is 38.7 Å². The Hall–Kier alpha value is -6.18. The first-order valence-corrected chi connectivity index (χ1v) is 14.1. The van der Waals surface area contributed by atoms with Gasteiger partial charge < -0.3 is 4.42 Å². The molecule has 1 nitrogen and oxygen atoms in total. The lowest BCUT2D eigenvalue weighted by Crippen LogP contribution is -1.91. The van der Waals surface area contributed by atoms with Crippen LogP contribution in [0.15, 0.2) is 186 Å². The van der Waals surface area contributed by atoms with Crippen molar-refractivity contribution in [2.45, 2.75) is 0 Å². The van der Waals surface area contributed by atoms with Gasteiger partial charge in [-0.1, -0.05) is 163 Å². The van der Waals surface area contributed by atoms with Gasteiger partial charge in [-0.05, 0) is 73.1 Å². The molecule has 9 aromatic rings. The van der Waals surface area contributed by atoms with Gasteiger partial charge in [0, 0.05) is 22.1 Å². The van der Waals surface area contributed by atoms with Gasteiger partial charge >= 0.3 is 0 Å². The highest BCUT2D eigenvalue weighted by Crippen LogP contribution is 2.50. The Bertz CT molecular complexity index is 3840. The van der Waals surface area contributed by atoms with E-state index in [2.05, 4.69) is 0 Å². The van der Waals surface area contributed by atoms with E-state index < -0.39 is 218 Å². The molecule has 0 atom stereocenters. The molecule has 47 heavy (non-hydrogen) atoms. The highest BCUT2D eigenvalue weighted by atomic mass is 16.3. The van der Waals surface area contributed by atoms with E-state index in [0.717, 1.165) is 0 Å². The van der Waals surface area contributed by atoms with Gasteiger partial charge in [0.25, 0.3) is 0 Å². The second kappa shape index (κ2) is 11.3. The van der Waals surface area contributed by atoms with E-state index in [1.807, 2.05) is 0 Å². The molecule has 0 unspecified atom stereocenters. The third kappa shape index (κ3) is 4.64. The minimum Gasteiger partial charge on any atom is -0.455 e. The molecule has 0 bridgehead atoms. The molecule has 8 aromatic carbocycles. The summed E-state index contributed by atoms with van der Waals surface area (Å²) in [5.74, 6) is -0.878. The van der Waals surface area contributed by atoms with Gasteiger partial charge in [0.05, 0.1) is 34.3 Å². The van der Waals surface area contributed by atoms with Crippen molar-refractivity contribution in [1.82, 2.24) is 0 Å². The van der Waals surface area contributed by atoms with E-state index in [1.165, 1.54) is 12.1 Å². The molecule has 1 aromatic heterocycles. The summed E-state index contributed by atoms with van der Waals surface area (Å²) in [6.07, 6.45) is 0. The minimum absolute atomic E-state index is 0.118. The Morgan fingerprint density at radius 3 is 1.47 bits per heavy atom. The Balaban J connectivity index is 1.65. The van der Waals surface area contributed by atoms with Crippen LogP contribution in [0.25, 0.3) is 88.3 Å². The second-order valence-electron chi connectivity index (χ2n) is 10.1. The first kappa shape index (κ1) is 11.9. The predicted octanol–water partition coefficient (Wildman–Crippen LogP) is 13.1. The van der Waals surface area contributed by atoms with Gasteiger partial charge in [-0.15, -0.1) is 0 Å². The molecule has 1 heteroatoms. The fourth-order valence-corrected chi connectivity index (χ4v) is 5.55. The van der Waals surface area contributed by atoms with Crippen LogP contribution in [0.3, 0.4) is 0 Å². The molecule has 0 radical (unpaired) electrons. The van der Waals surface area contributed by atoms with Crippen LogP contribution in [0.2, 0.25) is 0 Å². The smallest absolute Gasteiger partial charge is 0.143 e. The highest BCUT2D eigenvalue weighted by molar-refractivity contribution is 6.25. The Kier molecular flexibility index (Phi) is 2.86. The molecule has 9 rings (SSSR count). The lowest BCUT2D eigenvalue weighted by molar-refractivity contribution is 0.632. The zero-order valence-corrected chi connectivity index (χ0v) is 23.8. The van der Waals surface area contributed by atoms with Gasteiger partial charge in [-0.3, -0.25) is 0 Å². The maximum Gasteiger partial charge on any atom is 0.143 e. The van der Waals surface area contributed by atoms with E-state index in [9.17, 15) is 12.3 Å². The fourth-order valence-electron chi connectivity index (χ4n) is 5.55. The number of hydrogen-bond acceptors (Lipinski definition) is 1. The van der Waals surface area contributed by atoms with Crippen LogP contribution >= 0.6 is 0 Å². The van der Waals surface area contributed by atoms with Gasteiger partial charge in [-0.25, -0.2) is 0 Å². The first-order chi connectivity index (χ1) is 33.7. The number of benzene rings is 8. The zero-order chi connectivity index (χ0) is 52.9. The minimum atomic E-state index is -1.04. The quantitative estimate of drug-likeness (QED) is 0.174. The molecular formula is C46H30O. The molecule has 0 spiro atoms. The largest absolute Gasteiger partial charge is 0.455 e. The van der Waals surface area contributed by atoms with Crippen molar-refractivity contribution in [1.29, 1.82) is 0 Å². The topological polar surface area (TPSA) is 13.1 Å². The van der Waals surface area contributed by atoms with Gasteiger partial charge in [0.2, 0.25) is 0 Å². The number of furan rings is 1. The zero-order valence-electron chi connectivity index (χ0n) is 48.8. The highest BCUT2D eigenvalue weighted by Gasteiger charge is 2.24. The number of fused-ring (bicyclic) bond motifs is 3. The Morgan fingerprint density at radius 2 is 0.851 bits per heavy atom. The molecule has 0 N–H and O–H groups in total. The average Bonchev–Trinajstić information content (AvgIpc) is 3.75. The monoisotopic (exact) mass is 623 g/mol. The van der Waals surface area contributed by atoms with Gasteiger partial charge in [0.15, 0.2) is 0 Å². The van der Waals surface area contributed by atoms with E-state index in [4.69, 9.17) is 26.3 Å². The maximum absolute atomic E-state index is 9.72. The van der Waals surface area contributed by atoms with Crippen LogP contribution in [0.4, 0.5) is 0 Å². The Morgan fingerprint density at radius 1 is 0.340 bits per heavy atom. The molecule has 0 fully saturated rings. The van der Waals surface area contributed by atoms with Crippen molar-refractivity contribution in [3.8, 4) is 55.8 Å². The lowest BCUT2D eigenvalue weighted by Gasteiger charge is -2.18. The summed E-state index contributed by atoms with van der Waals surface area (Å²) in [4.78, 5) is 0. The lowest BCUT2D eigenvalue weighted by atomic mass is 9.84. The standard InChI is InChI=1S/C46H30O/c1-4-15-31(16-5-1)34-21-14-22-36(29-34)46-45(41-28-27-35(30-42(41)47-46)32-17-6-2-7-18-32)44-39-25-12-10-23-37(39)43(33-19-8-3-9-20-33)38-24-11-13-26-40(38)44/h1-30H/i1D,2D,4D,5D,6D,7D,10D,11D,12D,13D,14D,15D,16D,17D,18D,21D,22D,23D,24D,25D,26D,27D,28D,29D,30D. The third-order valence-corrected chi connectivity index (χ3v) is 7.50.